The number of carbonyl (C=O) groups excluding carboxylic acids is 2. The fraction of sp³-hybridized carbons (Fsp3) is 0.611. The summed E-state index contributed by atoms with van der Waals surface area (Å²) >= 11 is 1.68. The average Bonchev–Trinajstić information content (AvgIpc) is 3.15. The van der Waals surface area contributed by atoms with E-state index in [4.69, 9.17) is 4.74 Å². The third kappa shape index (κ3) is 7.65. The van der Waals surface area contributed by atoms with E-state index in [-0.39, 0.29) is 48.3 Å². The number of ether oxygens (including phenoxy) is 1. The van der Waals surface area contributed by atoms with Crippen LogP contribution in [0.3, 0.4) is 0 Å². The van der Waals surface area contributed by atoms with Crippen LogP contribution < -0.4 is 5.32 Å². The third-order valence-electron chi connectivity index (χ3n) is 4.28. The molecule has 1 aromatic heterocycles. The minimum Gasteiger partial charge on any atom is -0.466 e. The van der Waals surface area contributed by atoms with E-state index in [2.05, 4.69) is 21.3 Å². The molecule has 1 aliphatic heterocycles. The van der Waals surface area contributed by atoms with E-state index in [9.17, 15) is 9.59 Å². The molecule has 0 radical (unpaired) electrons. The van der Waals surface area contributed by atoms with Crippen LogP contribution in [0.25, 0.3) is 0 Å². The van der Waals surface area contributed by atoms with E-state index in [0.29, 0.717) is 13.2 Å². The van der Waals surface area contributed by atoms with Crippen LogP contribution in [-0.2, 0) is 20.9 Å². The van der Waals surface area contributed by atoms with Crippen LogP contribution in [0.4, 0.5) is 0 Å². The van der Waals surface area contributed by atoms with Crippen molar-refractivity contribution >= 4 is 53.1 Å². The number of carbonyl (C=O) groups is 2. The Morgan fingerprint density at radius 1 is 1.37 bits per heavy atom. The van der Waals surface area contributed by atoms with Gasteiger partial charge in [0.15, 0.2) is 5.96 Å². The first kappa shape index (κ1) is 23.7. The largest absolute Gasteiger partial charge is 0.466 e. The lowest BCUT2D eigenvalue weighted by Gasteiger charge is -2.33. The SMILES string of the molecule is CCOC(=O)C1CCN(C(=NCC(=O)N(C)C)NCc2cccs2)CC1.I. The molecule has 0 spiro atoms. The molecule has 2 rings (SSSR count). The fourth-order valence-corrected chi connectivity index (χ4v) is 3.36. The Hall–Kier alpha value is -1.36. The molecule has 0 aliphatic carbocycles. The van der Waals surface area contributed by atoms with Gasteiger partial charge < -0.3 is 19.9 Å². The highest BCUT2D eigenvalue weighted by Crippen LogP contribution is 2.19. The summed E-state index contributed by atoms with van der Waals surface area (Å²) in [4.78, 5) is 33.2. The fourth-order valence-electron chi connectivity index (χ4n) is 2.72. The van der Waals surface area contributed by atoms with E-state index >= 15 is 0 Å². The van der Waals surface area contributed by atoms with Gasteiger partial charge in [-0.3, -0.25) is 9.59 Å². The molecule has 1 aliphatic rings. The molecule has 9 heteroatoms. The highest BCUT2D eigenvalue weighted by Gasteiger charge is 2.27. The maximum Gasteiger partial charge on any atom is 0.309 e. The van der Waals surface area contributed by atoms with Gasteiger partial charge in [0, 0.05) is 32.1 Å². The molecular weight excluding hydrogens is 479 g/mol. The topological polar surface area (TPSA) is 74.2 Å². The Kier molecular flexibility index (Phi) is 10.7. The normalized spacial score (nSPS) is 15.1. The minimum atomic E-state index is -0.111. The first-order valence-corrected chi connectivity index (χ1v) is 9.81. The number of hydrogen-bond acceptors (Lipinski definition) is 5. The summed E-state index contributed by atoms with van der Waals surface area (Å²) in [5.74, 6) is 0.519. The summed E-state index contributed by atoms with van der Waals surface area (Å²) in [5.41, 5.74) is 0. The van der Waals surface area contributed by atoms with E-state index < -0.39 is 0 Å². The summed E-state index contributed by atoms with van der Waals surface area (Å²) in [6.45, 7) is 4.46. The number of guanidine groups is 1. The van der Waals surface area contributed by atoms with Gasteiger partial charge in [0.25, 0.3) is 0 Å². The van der Waals surface area contributed by atoms with Crippen LogP contribution in [0.2, 0.25) is 0 Å². The second-order valence-corrected chi connectivity index (χ2v) is 7.41. The summed E-state index contributed by atoms with van der Waals surface area (Å²) < 4.78 is 5.13. The van der Waals surface area contributed by atoms with E-state index in [1.807, 2.05) is 18.4 Å². The number of nitrogens with one attached hydrogen (secondary N) is 1. The Balaban J connectivity index is 0.00000364. The Morgan fingerprint density at radius 3 is 2.63 bits per heavy atom. The molecule has 2 heterocycles. The molecule has 0 unspecified atom stereocenters. The highest BCUT2D eigenvalue weighted by atomic mass is 127. The van der Waals surface area contributed by atoms with Gasteiger partial charge in [0.1, 0.15) is 6.54 Å². The molecule has 27 heavy (non-hydrogen) atoms. The van der Waals surface area contributed by atoms with Crippen molar-refractivity contribution in [2.75, 3.05) is 40.3 Å². The molecule has 1 aromatic rings. The van der Waals surface area contributed by atoms with Gasteiger partial charge in [-0.05, 0) is 31.2 Å². The predicted molar refractivity (Wildman–Crippen MR) is 118 cm³/mol. The Bertz CT molecular complexity index is 614. The van der Waals surface area contributed by atoms with Crippen molar-refractivity contribution in [1.29, 1.82) is 0 Å². The van der Waals surface area contributed by atoms with Crippen molar-refractivity contribution in [2.45, 2.75) is 26.3 Å². The quantitative estimate of drug-likeness (QED) is 0.276. The van der Waals surface area contributed by atoms with Crippen LogP contribution in [0.5, 0.6) is 0 Å². The lowest BCUT2D eigenvalue weighted by atomic mass is 9.97. The summed E-state index contributed by atoms with van der Waals surface area (Å²) in [6, 6.07) is 4.08. The number of hydrogen-bond donors (Lipinski definition) is 1. The van der Waals surface area contributed by atoms with Crippen LogP contribution in [0, 0.1) is 5.92 Å². The summed E-state index contributed by atoms with van der Waals surface area (Å²) in [5, 5.41) is 5.39. The molecule has 7 nitrogen and oxygen atoms in total. The first-order valence-electron chi connectivity index (χ1n) is 8.93. The van der Waals surface area contributed by atoms with E-state index in [1.54, 1.807) is 25.4 Å². The number of halogens is 1. The van der Waals surface area contributed by atoms with Gasteiger partial charge in [-0.1, -0.05) is 6.07 Å². The molecule has 152 valence electrons. The molecule has 0 saturated carbocycles. The second kappa shape index (κ2) is 12.2. The number of likely N-dealkylation sites (tertiary alicyclic amines) is 1. The number of rotatable bonds is 6. The zero-order valence-electron chi connectivity index (χ0n) is 16.1. The maximum atomic E-state index is 11.9. The third-order valence-corrected chi connectivity index (χ3v) is 5.15. The maximum absolute atomic E-state index is 11.9. The molecule has 1 N–H and O–H groups in total. The van der Waals surface area contributed by atoms with Crippen molar-refractivity contribution in [3.05, 3.63) is 22.4 Å². The van der Waals surface area contributed by atoms with Gasteiger partial charge in [-0.25, -0.2) is 4.99 Å². The number of piperidine rings is 1. The Morgan fingerprint density at radius 2 is 2.07 bits per heavy atom. The van der Waals surface area contributed by atoms with Gasteiger partial charge in [0.05, 0.1) is 19.1 Å². The van der Waals surface area contributed by atoms with Crippen molar-refractivity contribution < 1.29 is 14.3 Å². The smallest absolute Gasteiger partial charge is 0.309 e. The van der Waals surface area contributed by atoms with Crippen molar-refractivity contribution in [1.82, 2.24) is 15.1 Å². The molecular formula is C18H29IN4O3S. The van der Waals surface area contributed by atoms with Crippen LogP contribution in [0.15, 0.2) is 22.5 Å². The zero-order chi connectivity index (χ0) is 18.9. The van der Waals surface area contributed by atoms with Crippen LogP contribution >= 0.6 is 35.3 Å². The van der Waals surface area contributed by atoms with Crippen molar-refractivity contribution in [2.24, 2.45) is 10.9 Å². The molecule has 0 aromatic carbocycles. The number of thiophene rings is 1. The Labute approximate surface area is 182 Å². The van der Waals surface area contributed by atoms with Crippen LogP contribution in [0.1, 0.15) is 24.6 Å². The van der Waals surface area contributed by atoms with E-state index in [0.717, 1.165) is 31.9 Å². The van der Waals surface area contributed by atoms with E-state index in [1.165, 1.54) is 9.78 Å². The van der Waals surface area contributed by atoms with Gasteiger partial charge in [-0.2, -0.15) is 0 Å². The van der Waals surface area contributed by atoms with Gasteiger partial charge >= 0.3 is 5.97 Å². The molecule has 0 atom stereocenters. The van der Waals surface area contributed by atoms with Crippen molar-refractivity contribution in [3.8, 4) is 0 Å². The number of aliphatic imine (C=N–C) groups is 1. The first-order chi connectivity index (χ1) is 12.5. The zero-order valence-corrected chi connectivity index (χ0v) is 19.3. The number of likely N-dealkylation sites (N-methyl/N-ethyl adjacent to an activating group) is 1. The molecule has 1 amide bonds. The molecule has 1 fully saturated rings. The lowest BCUT2D eigenvalue weighted by Crippen LogP contribution is -2.47. The highest BCUT2D eigenvalue weighted by molar-refractivity contribution is 14.0. The van der Waals surface area contributed by atoms with Crippen LogP contribution in [-0.4, -0.2) is 68.0 Å². The monoisotopic (exact) mass is 508 g/mol. The molecule has 0 bridgehead atoms. The standard InChI is InChI=1S/C18H28N4O3S.HI/c1-4-25-17(24)14-7-9-22(10-8-14)18(20-13-16(23)21(2)3)19-12-15-6-5-11-26-15;/h5-6,11,14H,4,7-10,12-13H2,1-3H3,(H,19,20);1H. The average molecular weight is 508 g/mol. The number of nitrogens with zero attached hydrogens (tertiary/aromatic N) is 3. The summed E-state index contributed by atoms with van der Waals surface area (Å²) in [7, 11) is 3.45. The predicted octanol–water partition coefficient (Wildman–Crippen LogP) is 2.18. The van der Waals surface area contributed by atoms with Crippen molar-refractivity contribution in [3.63, 3.8) is 0 Å². The lowest BCUT2D eigenvalue weighted by molar-refractivity contribution is -0.149. The summed E-state index contributed by atoms with van der Waals surface area (Å²) in [6.07, 6.45) is 1.47. The molecule has 1 saturated heterocycles. The van der Waals surface area contributed by atoms with Gasteiger partial charge in [0.2, 0.25) is 5.91 Å². The number of amides is 1. The second-order valence-electron chi connectivity index (χ2n) is 6.37. The number of esters is 1. The minimum absolute atomic E-state index is 0. The van der Waals surface area contributed by atoms with Gasteiger partial charge in [-0.15, -0.1) is 35.3 Å².